The predicted molar refractivity (Wildman–Crippen MR) is 118 cm³/mol. The second-order valence-corrected chi connectivity index (χ2v) is 7.14. The zero-order valence-corrected chi connectivity index (χ0v) is 16.9. The standard InChI is InChI=1S/C24H21N3O4/c1-16(28)25-17-7-9-18(10-8-17)26-22-15-23(29)27(24(22)30)19-11-13-21(14-12-19)31-20-5-3-2-4-6-20/h2-14,22,26H,15H2,1H3,(H,25,28)/t22-/m0/s1. The summed E-state index contributed by atoms with van der Waals surface area (Å²) in [5, 5.41) is 5.78. The van der Waals surface area contributed by atoms with Crippen molar-refractivity contribution in [2.45, 2.75) is 19.4 Å². The third kappa shape index (κ3) is 4.72. The molecule has 7 nitrogen and oxygen atoms in total. The smallest absolute Gasteiger partial charge is 0.256 e. The molecule has 3 amide bonds. The SMILES string of the molecule is CC(=O)Nc1ccc(N[C@H]2CC(=O)N(c3ccc(Oc4ccccc4)cc3)C2=O)cc1. The zero-order chi connectivity index (χ0) is 21.8. The van der Waals surface area contributed by atoms with Gasteiger partial charge in [-0.05, 0) is 60.7 Å². The van der Waals surface area contributed by atoms with Gasteiger partial charge in [0.05, 0.1) is 12.1 Å². The van der Waals surface area contributed by atoms with E-state index >= 15 is 0 Å². The van der Waals surface area contributed by atoms with Crippen LogP contribution in [0.4, 0.5) is 17.1 Å². The molecule has 3 aromatic rings. The molecule has 156 valence electrons. The summed E-state index contributed by atoms with van der Waals surface area (Å²) in [6.07, 6.45) is 0.0640. The van der Waals surface area contributed by atoms with Crippen LogP contribution in [0.15, 0.2) is 78.9 Å². The van der Waals surface area contributed by atoms with Crippen molar-refractivity contribution >= 4 is 34.8 Å². The maximum absolute atomic E-state index is 12.9. The Labute approximate surface area is 179 Å². The van der Waals surface area contributed by atoms with Gasteiger partial charge in [0, 0.05) is 18.3 Å². The average Bonchev–Trinajstić information content (AvgIpc) is 3.03. The number of benzene rings is 3. The molecule has 31 heavy (non-hydrogen) atoms. The van der Waals surface area contributed by atoms with Gasteiger partial charge < -0.3 is 15.4 Å². The normalized spacial score (nSPS) is 15.6. The van der Waals surface area contributed by atoms with Gasteiger partial charge in [-0.2, -0.15) is 0 Å². The van der Waals surface area contributed by atoms with Crippen LogP contribution in [0.1, 0.15) is 13.3 Å². The Kier molecular flexibility index (Phi) is 5.66. The number of carbonyl (C=O) groups excluding carboxylic acids is 3. The molecule has 4 rings (SSSR count). The van der Waals surface area contributed by atoms with Crippen LogP contribution in [-0.4, -0.2) is 23.8 Å². The summed E-state index contributed by atoms with van der Waals surface area (Å²) in [7, 11) is 0. The van der Waals surface area contributed by atoms with E-state index in [-0.39, 0.29) is 24.1 Å². The Bertz CT molecular complexity index is 1100. The molecule has 1 fully saturated rings. The second kappa shape index (κ2) is 8.71. The van der Waals surface area contributed by atoms with Crippen LogP contribution < -0.4 is 20.3 Å². The number of para-hydroxylation sites is 1. The van der Waals surface area contributed by atoms with Crippen molar-refractivity contribution in [3.63, 3.8) is 0 Å². The summed E-state index contributed by atoms with van der Waals surface area (Å²) < 4.78 is 5.76. The Balaban J connectivity index is 1.42. The number of imide groups is 1. The van der Waals surface area contributed by atoms with Crippen molar-refractivity contribution < 1.29 is 19.1 Å². The van der Waals surface area contributed by atoms with Crippen molar-refractivity contribution in [2.24, 2.45) is 0 Å². The van der Waals surface area contributed by atoms with Gasteiger partial charge in [0.1, 0.15) is 17.5 Å². The first-order chi connectivity index (χ1) is 15.0. The fourth-order valence-corrected chi connectivity index (χ4v) is 3.36. The summed E-state index contributed by atoms with van der Waals surface area (Å²) in [6.45, 7) is 1.43. The van der Waals surface area contributed by atoms with Crippen LogP contribution in [-0.2, 0) is 14.4 Å². The number of anilines is 3. The number of carbonyl (C=O) groups is 3. The first-order valence-electron chi connectivity index (χ1n) is 9.83. The summed E-state index contributed by atoms with van der Waals surface area (Å²) in [6, 6.07) is 22.5. The van der Waals surface area contributed by atoms with Gasteiger partial charge in [-0.3, -0.25) is 14.4 Å². The molecule has 0 bridgehead atoms. The second-order valence-electron chi connectivity index (χ2n) is 7.14. The molecule has 1 saturated heterocycles. The minimum atomic E-state index is -0.653. The van der Waals surface area contributed by atoms with Crippen molar-refractivity contribution in [1.82, 2.24) is 0 Å². The molecule has 0 aromatic heterocycles. The maximum atomic E-state index is 12.9. The predicted octanol–water partition coefficient (Wildman–Crippen LogP) is 4.18. The van der Waals surface area contributed by atoms with Gasteiger partial charge in [-0.1, -0.05) is 18.2 Å². The number of ether oxygens (including phenoxy) is 1. The van der Waals surface area contributed by atoms with Crippen LogP contribution >= 0.6 is 0 Å². The molecule has 0 unspecified atom stereocenters. The lowest BCUT2D eigenvalue weighted by molar-refractivity contribution is -0.121. The maximum Gasteiger partial charge on any atom is 0.256 e. The molecule has 1 heterocycles. The fraction of sp³-hybridized carbons (Fsp3) is 0.125. The summed E-state index contributed by atoms with van der Waals surface area (Å²) in [4.78, 5) is 37.7. The van der Waals surface area contributed by atoms with E-state index in [0.29, 0.717) is 28.6 Å². The number of rotatable bonds is 6. The van der Waals surface area contributed by atoms with Gasteiger partial charge >= 0.3 is 0 Å². The summed E-state index contributed by atoms with van der Waals surface area (Å²) in [5.74, 6) is 0.579. The molecular weight excluding hydrogens is 394 g/mol. The highest BCUT2D eigenvalue weighted by molar-refractivity contribution is 6.23. The van der Waals surface area contributed by atoms with Crippen LogP contribution in [0.3, 0.4) is 0 Å². The van der Waals surface area contributed by atoms with Gasteiger partial charge in [0.15, 0.2) is 0 Å². The molecule has 1 atom stereocenters. The number of hydrogen-bond acceptors (Lipinski definition) is 5. The molecular formula is C24H21N3O4. The summed E-state index contributed by atoms with van der Waals surface area (Å²) >= 11 is 0. The number of hydrogen-bond donors (Lipinski definition) is 2. The first-order valence-corrected chi connectivity index (χ1v) is 9.83. The van der Waals surface area contributed by atoms with E-state index in [4.69, 9.17) is 4.74 Å². The third-order valence-electron chi connectivity index (χ3n) is 4.77. The van der Waals surface area contributed by atoms with E-state index in [1.54, 1.807) is 48.5 Å². The Hall–Kier alpha value is -4.13. The Morgan fingerprint density at radius 3 is 2.13 bits per heavy atom. The summed E-state index contributed by atoms with van der Waals surface area (Å²) in [5.41, 5.74) is 1.85. The van der Waals surface area contributed by atoms with Gasteiger partial charge in [-0.25, -0.2) is 4.90 Å². The molecule has 7 heteroatoms. The molecule has 0 spiro atoms. The highest BCUT2D eigenvalue weighted by atomic mass is 16.5. The Morgan fingerprint density at radius 2 is 1.48 bits per heavy atom. The fourth-order valence-electron chi connectivity index (χ4n) is 3.36. The monoisotopic (exact) mass is 415 g/mol. The number of nitrogens with zero attached hydrogens (tertiary/aromatic N) is 1. The highest BCUT2D eigenvalue weighted by Crippen LogP contribution is 2.28. The lowest BCUT2D eigenvalue weighted by Crippen LogP contribution is -2.34. The van der Waals surface area contributed by atoms with E-state index in [9.17, 15) is 14.4 Å². The van der Waals surface area contributed by atoms with Gasteiger partial charge in [0.25, 0.3) is 5.91 Å². The number of amides is 3. The van der Waals surface area contributed by atoms with E-state index in [2.05, 4.69) is 10.6 Å². The van der Waals surface area contributed by atoms with E-state index in [0.717, 1.165) is 0 Å². The van der Waals surface area contributed by atoms with Crippen LogP contribution in [0.25, 0.3) is 0 Å². The van der Waals surface area contributed by atoms with Crippen molar-refractivity contribution in [3.8, 4) is 11.5 Å². The highest BCUT2D eigenvalue weighted by Gasteiger charge is 2.39. The molecule has 0 aliphatic carbocycles. The van der Waals surface area contributed by atoms with Gasteiger partial charge in [-0.15, -0.1) is 0 Å². The van der Waals surface area contributed by atoms with Crippen LogP contribution in [0.5, 0.6) is 11.5 Å². The lowest BCUT2D eigenvalue weighted by Gasteiger charge is -2.17. The van der Waals surface area contributed by atoms with E-state index < -0.39 is 6.04 Å². The molecule has 2 N–H and O–H groups in total. The molecule has 3 aromatic carbocycles. The largest absolute Gasteiger partial charge is 0.457 e. The molecule has 0 saturated carbocycles. The van der Waals surface area contributed by atoms with Crippen LogP contribution in [0, 0.1) is 0 Å². The molecule has 1 aliphatic rings. The minimum Gasteiger partial charge on any atom is -0.457 e. The lowest BCUT2D eigenvalue weighted by atomic mass is 10.2. The van der Waals surface area contributed by atoms with E-state index in [1.807, 2.05) is 30.3 Å². The van der Waals surface area contributed by atoms with Crippen molar-refractivity contribution in [3.05, 3.63) is 78.9 Å². The van der Waals surface area contributed by atoms with E-state index in [1.165, 1.54) is 11.8 Å². The zero-order valence-electron chi connectivity index (χ0n) is 16.9. The minimum absolute atomic E-state index is 0.0640. The molecule has 1 aliphatic heterocycles. The quantitative estimate of drug-likeness (QED) is 0.590. The third-order valence-corrected chi connectivity index (χ3v) is 4.77. The van der Waals surface area contributed by atoms with Crippen molar-refractivity contribution in [1.29, 1.82) is 0 Å². The average molecular weight is 415 g/mol. The Morgan fingerprint density at radius 1 is 0.871 bits per heavy atom. The first kappa shape index (κ1) is 20.2. The number of nitrogens with one attached hydrogen (secondary N) is 2. The van der Waals surface area contributed by atoms with Gasteiger partial charge in [0.2, 0.25) is 11.8 Å². The topological polar surface area (TPSA) is 87.7 Å². The van der Waals surface area contributed by atoms with Crippen molar-refractivity contribution in [2.75, 3.05) is 15.5 Å². The van der Waals surface area contributed by atoms with Crippen LogP contribution in [0.2, 0.25) is 0 Å². The molecule has 0 radical (unpaired) electrons.